The highest BCUT2D eigenvalue weighted by molar-refractivity contribution is 5.63. The Hall–Kier alpha value is -2.74. The van der Waals surface area contributed by atoms with Gasteiger partial charge < -0.3 is 20.1 Å². The second-order valence-electron chi connectivity index (χ2n) is 8.45. The lowest BCUT2D eigenvalue weighted by Crippen LogP contribution is -2.20. The third kappa shape index (κ3) is 5.35. The van der Waals surface area contributed by atoms with E-state index >= 15 is 4.39 Å². The lowest BCUT2D eigenvalue weighted by molar-refractivity contribution is 0.0477. The normalized spacial score (nSPS) is 17.0. The van der Waals surface area contributed by atoms with Gasteiger partial charge in [0.25, 0.3) is 0 Å². The molecular weight excluding hydrogens is 419 g/mol. The lowest BCUT2D eigenvalue weighted by Gasteiger charge is -2.21. The fraction of sp³-hybridized carbons (Fsp3) is 0.458. The van der Waals surface area contributed by atoms with Gasteiger partial charge in [-0.2, -0.15) is 0 Å². The smallest absolute Gasteiger partial charge is 0.188 e. The van der Waals surface area contributed by atoms with Gasteiger partial charge in [-0.15, -0.1) is 0 Å². The van der Waals surface area contributed by atoms with Crippen molar-refractivity contribution >= 4 is 0 Å². The lowest BCUT2D eigenvalue weighted by atomic mass is 9.96. The van der Waals surface area contributed by atoms with Gasteiger partial charge in [-0.05, 0) is 45.4 Å². The summed E-state index contributed by atoms with van der Waals surface area (Å²) < 4.78 is 55.0. The van der Waals surface area contributed by atoms with Crippen LogP contribution in [-0.2, 0) is 10.4 Å². The van der Waals surface area contributed by atoms with E-state index in [4.69, 9.17) is 9.47 Å². The topological polar surface area (TPSA) is 55.4 Å². The van der Waals surface area contributed by atoms with Crippen molar-refractivity contribution in [1.29, 1.82) is 0 Å². The zero-order valence-electron chi connectivity index (χ0n) is 19.1. The first kappa shape index (κ1) is 23.9. The summed E-state index contributed by atoms with van der Waals surface area (Å²) in [6.07, 6.45) is 4.97. The van der Waals surface area contributed by atoms with Gasteiger partial charge in [0.15, 0.2) is 6.79 Å². The van der Waals surface area contributed by atoms with Gasteiger partial charge in [0.1, 0.15) is 23.1 Å². The van der Waals surface area contributed by atoms with Crippen LogP contribution in [0.1, 0.15) is 57.7 Å². The van der Waals surface area contributed by atoms with Crippen LogP contribution in [0.25, 0.3) is 11.3 Å². The first-order valence-corrected chi connectivity index (χ1v) is 10.7. The maximum absolute atomic E-state index is 15.0. The standard InChI is InChI=1S/C24H30F3N3O2/c1-6-15-7-16(11-28-15)30-14(2)17-8-21(26)18(9-20(17)25)22-10-19(24(3,4)27)23(12-29-22)32-13-31-5/h8-12,14-15,28,30H,6-7,13H2,1-5H3/t14?,15-/m0/s1. The van der Waals surface area contributed by atoms with Gasteiger partial charge in [0.05, 0.1) is 17.9 Å². The summed E-state index contributed by atoms with van der Waals surface area (Å²) in [6, 6.07) is 3.57. The maximum atomic E-state index is 15.0. The number of hydrogen-bond acceptors (Lipinski definition) is 5. The Balaban J connectivity index is 1.89. The Morgan fingerprint density at radius 3 is 2.62 bits per heavy atom. The molecule has 2 aromatic rings. The van der Waals surface area contributed by atoms with Crippen LogP contribution in [0.15, 0.2) is 36.3 Å². The Morgan fingerprint density at radius 1 is 1.25 bits per heavy atom. The average molecular weight is 450 g/mol. The molecule has 0 fully saturated rings. The van der Waals surface area contributed by atoms with Crippen molar-refractivity contribution in [3.8, 4) is 17.0 Å². The van der Waals surface area contributed by atoms with Gasteiger partial charge >= 0.3 is 0 Å². The summed E-state index contributed by atoms with van der Waals surface area (Å²) in [6.45, 7) is 6.49. The highest BCUT2D eigenvalue weighted by atomic mass is 19.1. The predicted octanol–water partition coefficient (Wildman–Crippen LogP) is 5.48. The molecule has 0 aliphatic carbocycles. The molecule has 32 heavy (non-hydrogen) atoms. The van der Waals surface area contributed by atoms with E-state index in [1.165, 1.54) is 39.3 Å². The number of benzene rings is 1. The average Bonchev–Trinajstić information content (AvgIpc) is 3.20. The van der Waals surface area contributed by atoms with Gasteiger partial charge in [-0.25, -0.2) is 13.2 Å². The summed E-state index contributed by atoms with van der Waals surface area (Å²) in [5.74, 6) is -1.02. The van der Waals surface area contributed by atoms with Gasteiger partial charge in [-0.3, -0.25) is 4.98 Å². The molecule has 1 unspecified atom stereocenters. The van der Waals surface area contributed by atoms with E-state index in [-0.39, 0.29) is 34.9 Å². The van der Waals surface area contributed by atoms with E-state index in [1.54, 1.807) is 6.92 Å². The number of rotatable bonds is 9. The van der Waals surface area contributed by atoms with Crippen molar-refractivity contribution < 1.29 is 22.6 Å². The van der Waals surface area contributed by atoms with Gasteiger partial charge in [0, 0.05) is 48.2 Å². The second-order valence-corrected chi connectivity index (χ2v) is 8.45. The second kappa shape index (κ2) is 9.81. The molecule has 0 bridgehead atoms. The van der Waals surface area contributed by atoms with Gasteiger partial charge in [0.2, 0.25) is 0 Å². The SMILES string of the molecule is CC[C@H]1CC(NC(C)c2cc(F)c(-c3cc(C(C)(C)F)c(OCOC)cn3)cc2F)=CN1. The van der Waals surface area contributed by atoms with Crippen molar-refractivity contribution in [2.45, 2.75) is 58.3 Å². The van der Waals surface area contributed by atoms with E-state index in [0.29, 0.717) is 6.04 Å². The van der Waals surface area contributed by atoms with E-state index < -0.39 is 23.3 Å². The van der Waals surface area contributed by atoms with Crippen LogP contribution >= 0.6 is 0 Å². The summed E-state index contributed by atoms with van der Waals surface area (Å²) in [5, 5.41) is 6.50. The fourth-order valence-electron chi connectivity index (χ4n) is 3.70. The molecule has 8 heteroatoms. The molecule has 3 rings (SSSR count). The Morgan fingerprint density at radius 2 is 2.00 bits per heavy atom. The molecule has 1 aliphatic rings. The predicted molar refractivity (Wildman–Crippen MR) is 118 cm³/mol. The maximum Gasteiger partial charge on any atom is 0.188 e. The molecule has 1 aromatic heterocycles. The number of pyridine rings is 1. The summed E-state index contributed by atoms with van der Waals surface area (Å²) in [5.41, 5.74) is -0.380. The van der Waals surface area contributed by atoms with E-state index in [2.05, 4.69) is 22.5 Å². The minimum Gasteiger partial charge on any atom is -0.466 e. The molecule has 0 amide bonds. The molecule has 2 N–H and O–H groups in total. The van der Waals surface area contributed by atoms with Crippen LogP contribution in [0.3, 0.4) is 0 Å². The van der Waals surface area contributed by atoms with Crippen molar-refractivity contribution in [3.05, 3.63) is 59.1 Å². The molecule has 2 atom stereocenters. The Labute approximate surface area is 187 Å². The summed E-state index contributed by atoms with van der Waals surface area (Å²) in [7, 11) is 1.44. The molecule has 0 radical (unpaired) electrons. The fourth-order valence-corrected chi connectivity index (χ4v) is 3.70. The van der Waals surface area contributed by atoms with Crippen LogP contribution in [0.2, 0.25) is 0 Å². The van der Waals surface area contributed by atoms with Gasteiger partial charge in [-0.1, -0.05) is 6.92 Å². The molecular formula is C24H30F3N3O2. The minimum absolute atomic E-state index is 0.0463. The van der Waals surface area contributed by atoms with Crippen LogP contribution in [0, 0.1) is 11.6 Å². The van der Waals surface area contributed by atoms with Crippen molar-refractivity contribution in [1.82, 2.24) is 15.6 Å². The first-order chi connectivity index (χ1) is 15.1. The minimum atomic E-state index is -1.78. The number of ether oxygens (including phenoxy) is 2. The molecule has 174 valence electrons. The first-order valence-electron chi connectivity index (χ1n) is 10.7. The number of nitrogens with one attached hydrogen (secondary N) is 2. The van der Waals surface area contributed by atoms with E-state index in [1.807, 2.05) is 6.20 Å². The van der Waals surface area contributed by atoms with Crippen molar-refractivity contribution in [3.63, 3.8) is 0 Å². The molecule has 5 nitrogen and oxygen atoms in total. The number of methoxy groups -OCH3 is 1. The number of halogens is 3. The largest absolute Gasteiger partial charge is 0.466 e. The number of nitrogens with zero attached hydrogens (tertiary/aromatic N) is 1. The van der Waals surface area contributed by atoms with E-state index in [0.717, 1.165) is 24.6 Å². The monoisotopic (exact) mass is 449 g/mol. The van der Waals surface area contributed by atoms with Crippen molar-refractivity contribution in [2.24, 2.45) is 0 Å². The zero-order chi connectivity index (χ0) is 23.5. The van der Waals surface area contributed by atoms with Crippen molar-refractivity contribution in [2.75, 3.05) is 13.9 Å². The molecule has 0 saturated heterocycles. The highest BCUT2D eigenvalue weighted by Crippen LogP contribution is 2.36. The molecule has 0 saturated carbocycles. The third-order valence-corrected chi connectivity index (χ3v) is 5.52. The van der Waals surface area contributed by atoms with Crippen LogP contribution < -0.4 is 15.4 Å². The quantitative estimate of drug-likeness (QED) is 0.497. The molecule has 1 aromatic carbocycles. The molecule has 2 heterocycles. The summed E-state index contributed by atoms with van der Waals surface area (Å²) in [4.78, 5) is 4.17. The Kier molecular flexibility index (Phi) is 7.33. The number of aromatic nitrogens is 1. The molecule has 0 spiro atoms. The number of hydrogen-bond donors (Lipinski definition) is 2. The summed E-state index contributed by atoms with van der Waals surface area (Å²) >= 11 is 0. The van der Waals surface area contributed by atoms with E-state index in [9.17, 15) is 8.78 Å². The number of alkyl halides is 1. The Bertz CT molecular complexity index is 989. The van der Waals surface area contributed by atoms with Crippen LogP contribution in [0.5, 0.6) is 5.75 Å². The molecule has 1 aliphatic heterocycles. The third-order valence-electron chi connectivity index (χ3n) is 5.52. The van der Waals surface area contributed by atoms with Crippen LogP contribution in [0.4, 0.5) is 13.2 Å². The zero-order valence-corrected chi connectivity index (χ0v) is 19.1. The van der Waals surface area contributed by atoms with Crippen LogP contribution in [-0.4, -0.2) is 24.9 Å². The highest BCUT2D eigenvalue weighted by Gasteiger charge is 2.26.